The summed E-state index contributed by atoms with van der Waals surface area (Å²) in [6.45, 7) is 0. The monoisotopic (exact) mass is 388 g/mol. The van der Waals surface area contributed by atoms with E-state index in [4.69, 9.17) is 9.84 Å². The number of aromatic carboxylic acids is 1. The van der Waals surface area contributed by atoms with Gasteiger partial charge < -0.3 is 9.84 Å². The van der Waals surface area contributed by atoms with Crippen molar-refractivity contribution in [1.29, 1.82) is 0 Å². The van der Waals surface area contributed by atoms with Crippen molar-refractivity contribution >= 4 is 40.1 Å². The van der Waals surface area contributed by atoms with E-state index in [1.54, 1.807) is 18.2 Å². The Kier molecular flexibility index (Phi) is 3.40. The molecule has 19 heavy (non-hydrogen) atoms. The zero-order valence-corrected chi connectivity index (χ0v) is 12.6. The highest BCUT2D eigenvalue weighted by Crippen LogP contribution is 2.40. The average Bonchev–Trinajstić information content (AvgIpc) is 3.12. The summed E-state index contributed by atoms with van der Waals surface area (Å²) in [4.78, 5) is 15.5. The third-order valence-electron chi connectivity index (χ3n) is 2.73. The Morgan fingerprint density at radius 2 is 2.26 bits per heavy atom. The van der Waals surface area contributed by atoms with Gasteiger partial charge in [-0.2, -0.15) is 9.36 Å². The average molecular weight is 388 g/mol. The Morgan fingerprint density at radius 1 is 1.47 bits per heavy atom. The minimum absolute atomic E-state index is 0.134. The first-order valence-electron chi connectivity index (χ1n) is 5.68. The minimum Gasteiger partial charge on any atom is -0.478 e. The Hall–Kier alpha value is -1.22. The third kappa shape index (κ3) is 2.86. The molecule has 1 heterocycles. The van der Waals surface area contributed by atoms with E-state index >= 15 is 0 Å². The Balaban J connectivity index is 1.87. The SMILES string of the molecule is O=C(O)c1cc(I)ccc1Oc1nc(C2CC2)ns1. The lowest BCUT2D eigenvalue weighted by molar-refractivity contribution is 0.0694. The Morgan fingerprint density at radius 3 is 2.95 bits per heavy atom. The second-order valence-corrected chi connectivity index (χ2v) is 6.20. The first-order valence-corrected chi connectivity index (χ1v) is 7.53. The number of rotatable bonds is 4. The fourth-order valence-corrected chi connectivity index (χ4v) is 2.74. The molecular weight excluding hydrogens is 379 g/mol. The topological polar surface area (TPSA) is 72.3 Å². The van der Waals surface area contributed by atoms with Crippen LogP contribution >= 0.6 is 34.1 Å². The maximum Gasteiger partial charge on any atom is 0.339 e. The van der Waals surface area contributed by atoms with Gasteiger partial charge in [0.25, 0.3) is 5.19 Å². The van der Waals surface area contributed by atoms with E-state index in [0.29, 0.717) is 16.9 Å². The summed E-state index contributed by atoms with van der Waals surface area (Å²) in [5.74, 6) is 0.554. The van der Waals surface area contributed by atoms with Crippen molar-refractivity contribution < 1.29 is 14.6 Å². The molecule has 7 heteroatoms. The number of ether oxygens (including phenoxy) is 1. The number of aromatic nitrogens is 2. The van der Waals surface area contributed by atoms with Crippen molar-refractivity contribution in [3.63, 3.8) is 0 Å². The Bertz CT molecular complexity index is 640. The molecule has 0 bridgehead atoms. The van der Waals surface area contributed by atoms with Gasteiger partial charge in [0.2, 0.25) is 0 Å². The maximum atomic E-state index is 11.2. The summed E-state index contributed by atoms with van der Waals surface area (Å²) in [5.41, 5.74) is 0.134. The van der Waals surface area contributed by atoms with Crippen molar-refractivity contribution in [1.82, 2.24) is 9.36 Å². The molecule has 0 spiro atoms. The second kappa shape index (κ2) is 5.04. The third-order valence-corrected chi connectivity index (χ3v) is 4.02. The minimum atomic E-state index is -1.01. The molecule has 0 aliphatic heterocycles. The van der Waals surface area contributed by atoms with Crippen LogP contribution in [-0.4, -0.2) is 20.4 Å². The van der Waals surface area contributed by atoms with E-state index in [0.717, 1.165) is 33.8 Å². The molecule has 0 amide bonds. The molecule has 0 atom stereocenters. The van der Waals surface area contributed by atoms with Crippen LogP contribution in [0, 0.1) is 3.57 Å². The van der Waals surface area contributed by atoms with Gasteiger partial charge in [0.15, 0.2) is 0 Å². The number of nitrogens with zero attached hydrogens (tertiary/aromatic N) is 2. The summed E-state index contributed by atoms with van der Waals surface area (Å²) in [5, 5.41) is 9.55. The molecule has 5 nitrogen and oxygen atoms in total. The molecule has 98 valence electrons. The lowest BCUT2D eigenvalue weighted by Gasteiger charge is -2.05. The quantitative estimate of drug-likeness (QED) is 0.812. The van der Waals surface area contributed by atoms with E-state index < -0.39 is 5.97 Å². The fraction of sp³-hybridized carbons (Fsp3) is 0.250. The molecule has 1 saturated carbocycles. The van der Waals surface area contributed by atoms with E-state index in [1.807, 2.05) is 0 Å². The van der Waals surface area contributed by atoms with Gasteiger partial charge in [-0.15, -0.1) is 0 Å². The van der Waals surface area contributed by atoms with Crippen LogP contribution in [-0.2, 0) is 0 Å². The second-order valence-electron chi connectivity index (χ2n) is 4.24. The smallest absolute Gasteiger partial charge is 0.339 e. The first kappa shape index (κ1) is 12.8. The number of carbonyl (C=O) groups is 1. The zero-order valence-electron chi connectivity index (χ0n) is 9.67. The molecule has 0 radical (unpaired) electrons. The number of halogens is 1. The predicted molar refractivity (Wildman–Crippen MR) is 78.1 cm³/mol. The maximum absolute atomic E-state index is 11.2. The van der Waals surface area contributed by atoms with Crippen LogP contribution in [0.5, 0.6) is 10.9 Å². The van der Waals surface area contributed by atoms with Gasteiger partial charge in [-0.3, -0.25) is 0 Å². The highest BCUT2D eigenvalue weighted by molar-refractivity contribution is 14.1. The molecule has 1 aromatic heterocycles. The van der Waals surface area contributed by atoms with Gasteiger partial charge in [0, 0.05) is 21.0 Å². The zero-order chi connectivity index (χ0) is 13.4. The number of hydrogen-bond acceptors (Lipinski definition) is 5. The van der Waals surface area contributed by atoms with Crippen LogP contribution in [0.4, 0.5) is 0 Å². The normalized spacial score (nSPS) is 14.4. The fourth-order valence-electron chi connectivity index (χ4n) is 1.62. The van der Waals surface area contributed by atoms with Crippen LogP contribution in [0.1, 0.15) is 34.9 Å². The van der Waals surface area contributed by atoms with Gasteiger partial charge in [-0.25, -0.2) is 4.79 Å². The van der Waals surface area contributed by atoms with Crippen LogP contribution in [0.3, 0.4) is 0 Å². The molecule has 2 aromatic rings. The largest absolute Gasteiger partial charge is 0.478 e. The molecule has 0 saturated heterocycles. The Labute approximate surface area is 126 Å². The van der Waals surface area contributed by atoms with E-state index in [-0.39, 0.29) is 5.56 Å². The van der Waals surface area contributed by atoms with Gasteiger partial charge in [-0.1, -0.05) is 0 Å². The molecule has 1 fully saturated rings. The van der Waals surface area contributed by atoms with Crippen LogP contribution in [0.2, 0.25) is 0 Å². The van der Waals surface area contributed by atoms with E-state index in [2.05, 4.69) is 31.9 Å². The molecule has 3 rings (SSSR count). The van der Waals surface area contributed by atoms with Crippen LogP contribution in [0.15, 0.2) is 18.2 Å². The summed E-state index contributed by atoms with van der Waals surface area (Å²) in [6.07, 6.45) is 2.25. The molecule has 1 aromatic carbocycles. The van der Waals surface area contributed by atoms with Gasteiger partial charge in [-0.05, 0) is 53.6 Å². The lowest BCUT2D eigenvalue weighted by Crippen LogP contribution is -2.00. The standard InChI is InChI=1S/C12H9IN2O3S/c13-7-3-4-9(8(5-7)11(16)17)18-12-14-10(15-19-12)6-1-2-6/h3-6H,1-2H2,(H,16,17). The lowest BCUT2D eigenvalue weighted by atomic mass is 10.2. The van der Waals surface area contributed by atoms with Crippen molar-refractivity contribution in [2.24, 2.45) is 0 Å². The van der Waals surface area contributed by atoms with Gasteiger partial charge >= 0.3 is 5.97 Å². The van der Waals surface area contributed by atoms with Crippen molar-refractivity contribution in [2.45, 2.75) is 18.8 Å². The number of hydrogen-bond donors (Lipinski definition) is 1. The summed E-state index contributed by atoms with van der Waals surface area (Å²) < 4.78 is 10.6. The molecular formula is C12H9IN2O3S. The molecule has 1 aliphatic carbocycles. The molecule has 1 aliphatic rings. The van der Waals surface area contributed by atoms with Crippen molar-refractivity contribution in [2.75, 3.05) is 0 Å². The predicted octanol–water partition coefficient (Wildman–Crippen LogP) is 3.51. The van der Waals surface area contributed by atoms with E-state index in [1.165, 1.54) is 0 Å². The van der Waals surface area contributed by atoms with Crippen molar-refractivity contribution in [3.05, 3.63) is 33.2 Å². The summed E-state index contributed by atoms with van der Waals surface area (Å²) in [7, 11) is 0. The highest BCUT2D eigenvalue weighted by atomic mass is 127. The van der Waals surface area contributed by atoms with Gasteiger partial charge in [0.05, 0.1) is 0 Å². The summed E-state index contributed by atoms with van der Waals surface area (Å²) in [6, 6.07) is 5.01. The van der Waals surface area contributed by atoms with Gasteiger partial charge in [0.1, 0.15) is 17.1 Å². The van der Waals surface area contributed by atoms with E-state index in [9.17, 15) is 4.79 Å². The summed E-state index contributed by atoms with van der Waals surface area (Å²) >= 11 is 3.22. The number of carboxylic acids is 1. The number of benzene rings is 1. The van der Waals surface area contributed by atoms with Crippen LogP contribution in [0.25, 0.3) is 0 Å². The number of carboxylic acid groups (broad SMARTS) is 1. The van der Waals surface area contributed by atoms with Crippen LogP contribution < -0.4 is 4.74 Å². The first-order chi connectivity index (χ1) is 9.13. The molecule has 1 N–H and O–H groups in total. The molecule has 0 unspecified atom stereocenters. The van der Waals surface area contributed by atoms with Crippen molar-refractivity contribution in [3.8, 4) is 10.9 Å². The highest BCUT2D eigenvalue weighted by Gasteiger charge is 2.28.